The van der Waals surface area contributed by atoms with E-state index in [1.165, 1.54) is 4.88 Å². The monoisotopic (exact) mass is 388 g/mol. The molecule has 1 N–H and O–H groups in total. The molecule has 1 aliphatic heterocycles. The topological polar surface area (TPSA) is 50.8 Å². The van der Waals surface area contributed by atoms with Gasteiger partial charge in [-0.1, -0.05) is 18.2 Å². The number of hydrogen-bond donors (Lipinski definition) is 1. The van der Waals surface area contributed by atoms with Crippen LogP contribution in [-0.4, -0.2) is 42.8 Å². The van der Waals surface area contributed by atoms with Crippen LogP contribution in [0.5, 0.6) is 5.75 Å². The third-order valence-electron chi connectivity index (χ3n) is 4.52. The molecule has 6 heteroatoms. The van der Waals surface area contributed by atoms with Crippen molar-refractivity contribution in [3.63, 3.8) is 0 Å². The summed E-state index contributed by atoms with van der Waals surface area (Å²) in [6.07, 6.45) is 2.22. The molecule has 2 unspecified atom stereocenters. The Bertz CT molecular complexity index is 714. The number of nitrogens with one attached hydrogen (secondary N) is 1. The first kappa shape index (κ1) is 19.7. The molecule has 0 saturated carbocycles. The fourth-order valence-electron chi connectivity index (χ4n) is 3.11. The summed E-state index contributed by atoms with van der Waals surface area (Å²) in [7, 11) is 0. The van der Waals surface area contributed by atoms with Crippen LogP contribution in [0.1, 0.15) is 30.2 Å². The van der Waals surface area contributed by atoms with Gasteiger partial charge in [-0.05, 0) is 55.8 Å². The molecule has 1 aromatic carbocycles. The van der Waals surface area contributed by atoms with Crippen LogP contribution in [-0.2, 0) is 11.3 Å². The number of carbonyl (C=O) groups excluding carboxylic acids is 1. The Hall–Kier alpha value is -2.05. The largest absolute Gasteiger partial charge is 0.491 e. The maximum Gasteiger partial charge on any atom is 0.318 e. The maximum absolute atomic E-state index is 12.8. The van der Waals surface area contributed by atoms with E-state index in [2.05, 4.69) is 11.4 Å². The fraction of sp³-hybridized carbons (Fsp3) is 0.476. The number of rotatable bonds is 8. The minimum absolute atomic E-state index is 0.0701. The highest BCUT2D eigenvalue weighted by Gasteiger charge is 2.24. The number of benzene rings is 1. The van der Waals surface area contributed by atoms with Crippen molar-refractivity contribution >= 4 is 17.4 Å². The Morgan fingerprint density at radius 1 is 1.41 bits per heavy atom. The van der Waals surface area contributed by atoms with Crippen molar-refractivity contribution in [2.24, 2.45) is 0 Å². The molecule has 0 spiro atoms. The molecule has 0 aliphatic carbocycles. The lowest BCUT2D eigenvalue weighted by Crippen LogP contribution is -2.47. The number of carbonyl (C=O) groups is 1. The van der Waals surface area contributed by atoms with Gasteiger partial charge in [0.1, 0.15) is 12.4 Å². The summed E-state index contributed by atoms with van der Waals surface area (Å²) in [5, 5.41) is 5.10. The van der Waals surface area contributed by atoms with Gasteiger partial charge in [-0.25, -0.2) is 4.79 Å². The average Bonchev–Trinajstić information content (AvgIpc) is 3.33. The second kappa shape index (κ2) is 9.76. The summed E-state index contributed by atoms with van der Waals surface area (Å²) in [5.74, 6) is 0.825. The summed E-state index contributed by atoms with van der Waals surface area (Å²) in [6.45, 7) is 6.44. The molecule has 1 aromatic heterocycles. The average molecular weight is 389 g/mol. The molecule has 1 saturated heterocycles. The van der Waals surface area contributed by atoms with Crippen molar-refractivity contribution in [1.82, 2.24) is 10.2 Å². The van der Waals surface area contributed by atoms with Gasteiger partial charge in [0.25, 0.3) is 0 Å². The van der Waals surface area contributed by atoms with Gasteiger partial charge in [-0.2, -0.15) is 0 Å². The molecule has 27 heavy (non-hydrogen) atoms. The number of aryl methyl sites for hydroxylation is 1. The van der Waals surface area contributed by atoms with Crippen molar-refractivity contribution in [2.75, 3.05) is 19.8 Å². The van der Waals surface area contributed by atoms with Gasteiger partial charge >= 0.3 is 6.03 Å². The molecule has 0 radical (unpaired) electrons. The van der Waals surface area contributed by atoms with E-state index in [9.17, 15) is 4.79 Å². The van der Waals surface area contributed by atoms with Crippen molar-refractivity contribution in [2.45, 2.75) is 45.4 Å². The summed E-state index contributed by atoms with van der Waals surface area (Å²) >= 11 is 1.67. The Kier molecular flexibility index (Phi) is 7.12. The summed E-state index contributed by atoms with van der Waals surface area (Å²) < 4.78 is 11.5. The van der Waals surface area contributed by atoms with Gasteiger partial charge in [0.15, 0.2) is 0 Å². The molecule has 2 aromatic rings. The van der Waals surface area contributed by atoms with Crippen molar-refractivity contribution < 1.29 is 14.3 Å². The van der Waals surface area contributed by atoms with E-state index in [1.807, 2.05) is 54.5 Å². The highest BCUT2D eigenvalue weighted by atomic mass is 32.1. The van der Waals surface area contributed by atoms with Gasteiger partial charge in [-0.3, -0.25) is 0 Å². The number of thiophene rings is 1. The molecular weight excluding hydrogens is 360 g/mol. The molecule has 146 valence electrons. The SMILES string of the molecule is Cc1cccc(OCC(C)NC(=O)N(Cc2cccs2)CC2CCCO2)c1. The van der Waals surface area contributed by atoms with E-state index in [-0.39, 0.29) is 18.2 Å². The third kappa shape index (κ3) is 6.26. The van der Waals surface area contributed by atoms with E-state index in [0.717, 1.165) is 30.8 Å². The van der Waals surface area contributed by atoms with Gasteiger partial charge in [0.05, 0.1) is 18.7 Å². The van der Waals surface area contributed by atoms with Crippen LogP contribution in [0, 0.1) is 6.92 Å². The zero-order chi connectivity index (χ0) is 19.1. The second-order valence-corrected chi connectivity index (χ2v) is 8.11. The summed E-state index contributed by atoms with van der Waals surface area (Å²) in [5.41, 5.74) is 1.16. The van der Waals surface area contributed by atoms with Gasteiger partial charge in [0, 0.05) is 18.0 Å². The molecule has 2 heterocycles. The molecule has 5 nitrogen and oxygen atoms in total. The van der Waals surface area contributed by atoms with E-state index in [0.29, 0.717) is 19.7 Å². The van der Waals surface area contributed by atoms with Crippen LogP contribution in [0.15, 0.2) is 41.8 Å². The van der Waals surface area contributed by atoms with Crippen molar-refractivity contribution in [3.8, 4) is 5.75 Å². The van der Waals surface area contributed by atoms with Crippen LogP contribution in [0.4, 0.5) is 4.79 Å². The number of urea groups is 1. The van der Waals surface area contributed by atoms with E-state index in [1.54, 1.807) is 11.3 Å². The molecular formula is C21H28N2O3S. The van der Waals surface area contributed by atoms with E-state index >= 15 is 0 Å². The van der Waals surface area contributed by atoms with E-state index in [4.69, 9.17) is 9.47 Å². The molecule has 1 aliphatic rings. The van der Waals surface area contributed by atoms with Gasteiger partial charge in [0.2, 0.25) is 0 Å². The lowest BCUT2D eigenvalue weighted by Gasteiger charge is -2.27. The second-order valence-electron chi connectivity index (χ2n) is 7.07. The quantitative estimate of drug-likeness (QED) is 0.737. The van der Waals surface area contributed by atoms with Gasteiger partial charge in [-0.15, -0.1) is 11.3 Å². The number of nitrogens with zero attached hydrogens (tertiary/aromatic N) is 1. The van der Waals surface area contributed by atoms with Crippen LogP contribution in [0.2, 0.25) is 0 Å². The van der Waals surface area contributed by atoms with Crippen LogP contribution in [0.3, 0.4) is 0 Å². The lowest BCUT2D eigenvalue weighted by molar-refractivity contribution is 0.0788. The Labute approximate surface area is 165 Å². The predicted molar refractivity (Wildman–Crippen MR) is 108 cm³/mol. The van der Waals surface area contributed by atoms with Crippen LogP contribution in [0.25, 0.3) is 0 Å². The molecule has 1 fully saturated rings. The number of hydrogen-bond acceptors (Lipinski definition) is 4. The normalized spacial score (nSPS) is 17.5. The number of amides is 2. The van der Waals surface area contributed by atoms with Crippen LogP contribution >= 0.6 is 11.3 Å². The Morgan fingerprint density at radius 3 is 3.00 bits per heavy atom. The Balaban J connectivity index is 1.53. The first-order valence-electron chi connectivity index (χ1n) is 9.49. The smallest absolute Gasteiger partial charge is 0.318 e. The number of ether oxygens (including phenoxy) is 2. The fourth-order valence-corrected chi connectivity index (χ4v) is 3.83. The Morgan fingerprint density at radius 2 is 2.30 bits per heavy atom. The minimum Gasteiger partial charge on any atom is -0.491 e. The summed E-state index contributed by atoms with van der Waals surface area (Å²) in [6, 6.07) is 11.8. The van der Waals surface area contributed by atoms with Crippen molar-refractivity contribution in [1.29, 1.82) is 0 Å². The predicted octanol–water partition coefficient (Wildman–Crippen LogP) is 4.21. The van der Waals surface area contributed by atoms with Crippen molar-refractivity contribution in [3.05, 3.63) is 52.2 Å². The van der Waals surface area contributed by atoms with Gasteiger partial charge < -0.3 is 19.7 Å². The minimum atomic E-state index is -0.0895. The lowest BCUT2D eigenvalue weighted by atomic mass is 10.2. The maximum atomic E-state index is 12.8. The van der Waals surface area contributed by atoms with Crippen LogP contribution < -0.4 is 10.1 Å². The molecule has 2 atom stereocenters. The highest BCUT2D eigenvalue weighted by Crippen LogP contribution is 2.17. The summed E-state index contributed by atoms with van der Waals surface area (Å²) in [4.78, 5) is 15.9. The molecule has 3 rings (SSSR count). The van der Waals surface area contributed by atoms with E-state index < -0.39 is 0 Å². The standard InChI is InChI=1S/C21H28N2O3S/c1-16-6-3-7-18(12-16)26-15-17(2)22-21(24)23(13-19-8-4-10-25-19)14-20-9-5-11-27-20/h3,5-7,9,11-12,17,19H,4,8,10,13-15H2,1-2H3,(H,22,24). The molecule has 2 amide bonds. The third-order valence-corrected chi connectivity index (χ3v) is 5.38. The zero-order valence-corrected chi connectivity index (χ0v) is 16.8. The highest BCUT2D eigenvalue weighted by molar-refractivity contribution is 7.09. The zero-order valence-electron chi connectivity index (χ0n) is 16.0. The first-order chi connectivity index (χ1) is 13.1. The first-order valence-corrected chi connectivity index (χ1v) is 10.4. The molecule has 0 bridgehead atoms.